The molecule has 2 N–H and O–H groups in total. The zero-order valence-corrected chi connectivity index (χ0v) is 12.5. The molecule has 0 radical (unpaired) electrons. The molecule has 0 aliphatic heterocycles. The van der Waals surface area contributed by atoms with Crippen molar-refractivity contribution in [2.24, 2.45) is 0 Å². The maximum atomic E-state index is 11.9. The van der Waals surface area contributed by atoms with Gasteiger partial charge < -0.3 is 15.4 Å². The molecule has 0 fully saturated rings. The van der Waals surface area contributed by atoms with E-state index in [9.17, 15) is 14.9 Å². The second kappa shape index (κ2) is 7.74. The van der Waals surface area contributed by atoms with E-state index >= 15 is 0 Å². The maximum absolute atomic E-state index is 11.9. The van der Waals surface area contributed by atoms with Crippen LogP contribution in [-0.2, 0) is 0 Å². The van der Waals surface area contributed by atoms with Crippen molar-refractivity contribution in [3.05, 3.63) is 58.3 Å². The van der Waals surface area contributed by atoms with Gasteiger partial charge in [-0.3, -0.25) is 14.9 Å². The molecule has 0 saturated heterocycles. The topological polar surface area (TPSA) is 106 Å². The van der Waals surface area contributed by atoms with Crippen LogP contribution < -0.4 is 15.4 Å². The first kappa shape index (κ1) is 16.2. The van der Waals surface area contributed by atoms with Crippen LogP contribution in [-0.4, -0.2) is 36.0 Å². The molecule has 0 aliphatic carbocycles. The van der Waals surface area contributed by atoms with Gasteiger partial charge in [0.2, 0.25) is 5.88 Å². The Morgan fingerprint density at radius 3 is 2.70 bits per heavy atom. The molecule has 2 aromatic rings. The molecule has 23 heavy (non-hydrogen) atoms. The number of rotatable bonds is 7. The van der Waals surface area contributed by atoms with E-state index in [1.807, 2.05) is 0 Å². The predicted octanol–water partition coefficient (Wildman–Crippen LogP) is 1.84. The number of nitro groups is 1. The van der Waals surface area contributed by atoms with Crippen LogP contribution in [0.15, 0.2) is 42.6 Å². The minimum absolute atomic E-state index is 0.00168. The van der Waals surface area contributed by atoms with Gasteiger partial charge in [0.05, 0.1) is 17.6 Å². The van der Waals surface area contributed by atoms with E-state index in [1.165, 1.54) is 19.4 Å². The summed E-state index contributed by atoms with van der Waals surface area (Å²) in [7, 11) is 1.50. The molecule has 0 atom stereocenters. The summed E-state index contributed by atoms with van der Waals surface area (Å²) in [5.41, 5.74) is 0.826. The summed E-state index contributed by atoms with van der Waals surface area (Å²) in [6.45, 7) is 0.678. The lowest BCUT2D eigenvalue weighted by Gasteiger charge is -2.08. The number of hydrogen-bond donors (Lipinski definition) is 2. The molecular weight excluding hydrogens is 300 g/mol. The SMILES string of the molecule is COc1ccc(C(=O)NCCNc2ccccc2[N+](=O)[O-])cn1. The number of anilines is 1. The quantitative estimate of drug-likeness (QED) is 0.458. The summed E-state index contributed by atoms with van der Waals surface area (Å²) >= 11 is 0. The number of nitrogens with zero attached hydrogens (tertiary/aromatic N) is 2. The molecule has 1 heterocycles. The fourth-order valence-electron chi connectivity index (χ4n) is 1.89. The van der Waals surface area contributed by atoms with Gasteiger partial charge in [-0.05, 0) is 12.1 Å². The molecule has 0 spiro atoms. The van der Waals surface area contributed by atoms with Crippen LogP contribution in [0.2, 0.25) is 0 Å². The van der Waals surface area contributed by atoms with Crippen molar-refractivity contribution in [2.75, 3.05) is 25.5 Å². The minimum atomic E-state index is -0.454. The number of amides is 1. The van der Waals surface area contributed by atoms with Crippen LogP contribution in [0.5, 0.6) is 5.88 Å². The van der Waals surface area contributed by atoms with Crippen LogP contribution in [0.4, 0.5) is 11.4 Å². The van der Waals surface area contributed by atoms with E-state index < -0.39 is 4.92 Å². The van der Waals surface area contributed by atoms with Crippen LogP contribution >= 0.6 is 0 Å². The second-order valence-corrected chi connectivity index (χ2v) is 4.55. The molecule has 1 aromatic heterocycles. The number of hydrogen-bond acceptors (Lipinski definition) is 6. The van der Waals surface area contributed by atoms with E-state index in [2.05, 4.69) is 15.6 Å². The van der Waals surface area contributed by atoms with Crippen molar-refractivity contribution < 1.29 is 14.5 Å². The molecule has 0 bridgehead atoms. The third-order valence-electron chi connectivity index (χ3n) is 3.03. The van der Waals surface area contributed by atoms with Gasteiger partial charge in [-0.25, -0.2) is 4.98 Å². The Labute approximate surface area is 132 Å². The Morgan fingerprint density at radius 2 is 2.04 bits per heavy atom. The minimum Gasteiger partial charge on any atom is -0.481 e. The van der Waals surface area contributed by atoms with Gasteiger partial charge in [-0.15, -0.1) is 0 Å². The molecular formula is C15H16N4O4. The summed E-state index contributed by atoms with van der Waals surface area (Å²) in [6, 6.07) is 9.55. The summed E-state index contributed by atoms with van der Waals surface area (Å²) in [5, 5.41) is 16.5. The molecule has 1 aromatic carbocycles. The molecule has 120 valence electrons. The van der Waals surface area contributed by atoms with Gasteiger partial charge in [-0.2, -0.15) is 0 Å². The van der Waals surface area contributed by atoms with Gasteiger partial charge in [0.1, 0.15) is 5.69 Å². The van der Waals surface area contributed by atoms with Crippen molar-refractivity contribution in [1.82, 2.24) is 10.3 Å². The van der Waals surface area contributed by atoms with Crippen LogP contribution in [0.3, 0.4) is 0 Å². The molecule has 0 saturated carbocycles. The van der Waals surface area contributed by atoms with Crippen molar-refractivity contribution in [2.45, 2.75) is 0 Å². The fraction of sp³-hybridized carbons (Fsp3) is 0.200. The lowest BCUT2D eigenvalue weighted by molar-refractivity contribution is -0.384. The number of pyridine rings is 1. The first-order valence-electron chi connectivity index (χ1n) is 6.87. The molecule has 2 rings (SSSR count). The highest BCUT2D eigenvalue weighted by Crippen LogP contribution is 2.22. The monoisotopic (exact) mass is 316 g/mol. The highest BCUT2D eigenvalue weighted by atomic mass is 16.6. The predicted molar refractivity (Wildman–Crippen MR) is 84.7 cm³/mol. The Kier molecular flexibility index (Phi) is 5.45. The fourth-order valence-corrected chi connectivity index (χ4v) is 1.89. The average Bonchev–Trinajstić information content (AvgIpc) is 2.58. The molecule has 0 unspecified atom stereocenters. The normalized spacial score (nSPS) is 9.96. The van der Waals surface area contributed by atoms with Gasteiger partial charge in [-0.1, -0.05) is 12.1 Å². The largest absolute Gasteiger partial charge is 0.481 e. The Morgan fingerprint density at radius 1 is 1.26 bits per heavy atom. The summed E-state index contributed by atoms with van der Waals surface area (Å²) in [4.78, 5) is 26.3. The first-order valence-corrected chi connectivity index (χ1v) is 6.87. The van der Waals surface area contributed by atoms with Crippen molar-refractivity contribution in [3.63, 3.8) is 0 Å². The number of carbonyl (C=O) groups excluding carboxylic acids is 1. The number of aromatic nitrogens is 1. The molecule has 0 aliphatic rings. The zero-order chi connectivity index (χ0) is 16.7. The van der Waals surface area contributed by atoms with Crippen LogP contribution in [0.25, 0.3) is 0 Å². The van der Waals surface area contributed by atoms with Gasteiger partial charge in [0.15, 0.2) is 0 Å². The Balaban J connectivity index is 1.83. The lowest BCUT2D eigenvalue weighted by Crippen LogP contribution is -2.28. The van der Waals surface area contributed by atoms with Gasteiger partial charge >= 0.3 is 0 Å². The Bertz CT molecular complexity index is 688. The Hall–Kier alpha value is -3.16. The molecule has 8 heteroatoms. The smallest absolute Gasteiger partial charge is 0.292 e. The van der Waals surface area contributed by atoms with E-state index in [0.29, 0.717) is 30.2 Å². The highest BCUT2D eigenvalue weighted by Gasteiger charge is 2.11. The van der Waals surface area contributed by atoms with Crippen LogP contribution in [0, 0.1) is 10.1 Å². The summed E-state index contributed by atoms with van der Waals surface area (Å²) in [6.07, 6.45) is 1.42. The number of nitro benzene ring substituents is 1. The van der Waals surface area contributed by atoms with Crippen molar-refractivity contribution in [3.8, 4) is 5.88 Å². The lowest BCUT2D eigenvalue weighted by atomic mass is 10.2. The molecule has 1 amide bonds. The number of ether oxygens (including phenoxy) is 1. The van der Waals surface area contributed by atoms with Crippen molar-refractivity contribution >= 4 is 17.3 Å². The van der Waals surface area contributed by atoms with E-state index in [-0.39, 0.29) is 11.6 Å². The second-order valence-electron chi connectivity index (χ2n) is 4.55. The van der Waals surface area contributed by atoms with E-state index in [0.717, 1.165) is 0 Å². The average molecular weight is 316 g/mol. The number of para-hydroxylation sites is 2. The first-order chi connectivity index (χ1) is 11.1. The third kappa shape index (κ3) is 4.40. The number of carbonyl (C=O) groups is 1. The third-order valence-corrected chi connectivity index (χ3v) is 3.03. The van der Waals surface area contributed by atoms with E-state index in [4.69, 9.17) is 4.74 Å². The zero-order valence-electron chi connectivity index (χ0n) is 12.5. The number of methoxy groups -OCH3 is 1. The van der Waals surface area contributed by atoms with Gasteiger partial charge in [0, 0.05) is 31.4 Å². The number of nitrogens with one attached hydrogen (secondary N) is 2. The number of benzene rings is 1. The highest BCUT2D eigenvalue weighted by molar-refractivity contribution is 5.93. The van der Waals surface area contributed by atoms with Crippen LogP contribution in [0.1, 0.15) is 10.4 Å². The summed E-state index contributed by atoms with van der Waals surface area (Å²) < 4.78 is 4.92. The van der Waals surface area contributed by atoms with Crippen molar-refractivity contribution in [1.29, 1.82) is 0 Å². The van der Waals surface area contributed by atoms with Gasteiger partial charge in [0.25, 0.3) is 11.6 Å². The maximum Gasteiger partial charge on any atom is 0.292 e. The molecule has 8 nitrogen and oxygen atoms in total. The van der Waals surface area contributed by atoms with E-state index in [1.54, 1.807) is 30.3 Å². The standard InChI is InChI=1S/C15H16N4O4/c1-23-14-7-6-11(10-18-14)15(20)17-9-8-16-12-4-2-3-5-13(12)19(21)22/h2-7,10,16H,8-9H2,1H3,(H,17,20). The summed E-state index contributed by atoms with van der Waals surface area (Å²) in [5.74, 6) is 0.157.